The van der Waals surface area contributed by atoms with Crippen LogP contribution in [0.1, 0.15) is 45.6 Å². The zero-order valence-electron chi connectivity index (χ0n) is 24.0. The van der Waals surface area contributed by atoms with Crippen LogP contribution >= 0.6 is 0 Å². The minimum Gasteiger partial charge on any atom is -0.493 e. The molecule has 5 rings (SSSR count). The van der Waals surface area contributed by atoms with Crippen LogP contribution in [-0.2, 0) is 4.79 Å². The first-order valence-electron chi connectivity index (χ1n) is 13.2. The number of hydrogen-bond acceptors (Lipinski definition) is 6. The number of rotatable bonds is 7. The summed E-state index contributed by atoms with van der Waals surface area (Å²) in [5.74, 6) is 0.961. The maximum absolute atomic E-state index is 13.9. The number of ether oxygens (including phenoxy) is 2. The Bertz CT molecular complexity index is 1690. The van der Waals surface area contributed by atoms with Gasteiger partial charge >= 0.3 is 0 Å². The Morgan fingerprint density at radius 3 is 2.32 bits per heavy atom. The number of nitrogens with one attached hydrogen (secondary N) is 3. The molecule has 0 unspecified atom stereocenters. The summed E-state index contributed by atoms with van der Waals surface area (Å²) < 4.78 is 12.7. The van der Waals surface area contributed by atoms with Crippen LogP contribution in [0.5, 0.6) is 11.5 Å². The summed E-state index contributed by atoms with van der Waals surface area (Å²) >= 11 is 0. The quantitative estimate of drug-likeness (QED) is 0.260. The van der Waals surface area contributed by atoms with E-state index < -0.39 is 6.04 Å². The van der Waals surface area contributed by atoms with Gasteiger partial charge < -0.3 is 25.4 Å². The molecule has 1 aliphatic rings. The first-order valence-corrected chi connectivity index (χ1v) is 13.2. The summed E-state index contributed by atoms with van der Waals surface area (Å²) in [6, 6.07) is 18.3. The number of carbonyl (C=O) groups excluding carboxylic acids is 2. The Morgan fingerprint density at radius 2 is 1.61 bits per heavy atom. The molecule has 0 fully saturated rings. The lowest BCUT2D eigenvalue weighted by molar-refractivity contribution is -0.113. The van der Waals surface area contributed by atoms with E-state index in [0.29, 0.717) is 39.8 Å². The summed E-state index contributed by atoms with van der Waals surface area (Å²) in [7, 11) is 3.13. The number of carbonyl (C=O) groups is 2. The molecular weight excluding hydrogens is 518 g/mol. The van der Waals surface area contributed by atoms with Crippen molar-refractivity contribution in [2.24, 2.45) is 0 Å². The summed E-state index contributed by atoms with van der Waals surface area (Å²) in [5.41, 5.74) is 6.65. The maximum Gasteiger partial charge on any atom is 0.261 e. The van der Waals surface area contributed by atoms with Crippen LogP contribution < -0.4 is 25.4 Å². The number of amides is 2. The van der Waals surface area contributed by atoms with Crippen LogP contribution in [0.3, 0.4) is 0 Å². The fraction of sp³-hybridized carbons (Fsp3) is 0.219. The van der Waals surface area contributed by atoms with Crippen molar-refractivity contribution in [1.29, 1.82) is 0 Å². The minimum atomic E-state index is -0.655. The molecule has 0 radical (unpaired) electrons. The second-order valence-corrected chi connectivity index (χ2v) is 10.1. The molecule has 3 N–H and O–H groups in total. The van der Waals surface area contributed by atoms with Gasteiger partial charge in [0.15, 0.2) is 11.5 Å². The molecule has 2 amide bonds. The van der Waals surface area contributed by atoms with Crippen LogP contribution in [0.2, 0.25) is 0 Å². The highest BCUT2D eigenvalue weighted by Gasteiger charge is 2.36. The standard InChI is InChI=1S/C32H33N5O4/c1-18-8-7-9-23(15-18)35-31(38)24-17-33-37-29(22-11-13-26(40-5)27(16-22)41-6)28(21(4)34-30(24)37)32(39)36-25-12-10-19(2)14-20(25)3/h7-17,29,34H,1-6H3,(H,35,38)(H,36,39)/t29-/m1/s1. The number of anilines is 3. The van der Waals surface area contributed by atoms with Crippen molar-refractivity contribution in [2.75, 3.05) is 30.2 Å². The van der Waals surface area contributed by atoms with Gasteiger partial charge in [-0.25, -0.2) is 4.68 Å². The minimum absolute atomic E-state index is 0.284. The molecule has 9 heteroatoms. The highest BCUT2D eigenvalue weighted by molar-refractivity contribution is 6.09. The molecule has 0 spiro atoms. The highest BCUT2D eigenvalue weighted by atomic mass is 16.5. The van der Waals surface area contributed by atoms with E-state index in [1.165, 1.54) is 6.20 Å². The first-order chi connectivity index (χ1) is 19.7. The Labute approximate surface area is 239 Å². The van der Waals surface area contributed by atoms with E-state index in [2.05, 4.69) is 21.0 Å². The number of allylic oxidation sites excluding steroid dienone is 1. The summed E-state index contributed by atoms with van der Waals surface area (Å²) in [6.45, 7) is 7.75. The van der Waals surface area contributed by atoms with E-state index in [4.69, 9.17) is 9.47 Å². The molecule has 41 heavy (non-hydrogen) atoms. The van der Waals surface area contributed by atoms with Crippen molar-refractivity contribution in [3.05, 3.63) is 106 Å². The van der Waals surface area contributed by atoms with E-state index in [0.717, 1.165) is 27.9 Å². The van der Waals surface area contributed by atoms with E-state index >= 15 is 0 Å². The van der Waals surface area contributed by atoms with Gasteiger partial charge in [-0.1, -0.05) is 35.9 Å². The van der Waals surface area contributed by atoms with Gasteiger partial charge in [0.25, 0.3) is 11.8 Å². The molecule has 210 valence electrons. The topological polar surface area (TPSA) is 107 Å². The van der Waals surface area contributed by atoms with Crippen LogP contribution in [-0.4, -0.2) is 35.8 Å². The third kappa shape index (κ3) is 5.38. The second kappa shape index (κ2) is 11.2. The second-order valence-electron chi connectivity index (χ2n) is 10.1. The molecule has 1 aliphatic heterocycles. The average molecular weight is 552 g/mol. The molecule has 0 bridgehead atoms. The van der Waals surface area contributed by atoms with Gasteiger partial charge in [-0.3, -0.25) is 9.59 Å². The van der Waals surface area contributed by atoms with Crippen molar-refractivity contribution in [3.63, 3.8) is 0 Å². The van der Waals surface area contributed by atoms with Gasteiger partial charge in [0, 0.05) is 17.1 Å². The number of nitrogens with zero attached hydrogens (tertiary/aromatic N) is 2. The lowest BCUT2D eigenvalue weighted by atomic mass is 9.94. The van der Waals surface area contributed by atoms with Crippen molar-refractivity contribution < 1.29 is 19.1 Å². The van der Waals surface area contributed by atoms with Crippen LogP contribution in [0.4, 0.5) is 17.2 Å². The van der Waals surface area contributed by atoms with Gasteiger partial charge in [0.1, 0.15) is 17.4 Å². The fourth-order valence-corrected chi connectivity index (χ4v) is 5.11. The number of methoxy groups -OCH3 is 2. The predicted octanol–water partition coefficient (Wildman–Crippen LogP) is 6.01. The van der Waals surface area contributed by atoms with Gasteiger partial charge in [-0.05, 0) is 74.7 Å². The number of benzene rings is 3. The Balaban J connectivity index is 1.58. The monoisotopic (exact) mass is 551 g/mol. The van der Waals surface area contributed by atoms with Crippen molar-refractivity contribution >= 4 is 29.0 Å². The third-order valence-corrected chi connectivity index (χ3v) is 7.14. The van der Waals surface area contributed by atoms with E-state index in [9.17, 15) is 9.59 Å². The van der Waals surface area contributed by atoms with E-state index in [-0.39, 0.29) is 11.8 Å². The molecule has 0 aliphatic carbocycles. The number of fused-ring (bicyclic) bond motifs is 1. The summed E-state index contributed by atoms with van der Waals surface area (Å²) in [5, 5.41) is 13.9. The lowest BCUT2D eigenvalue weighted by Crippen LogP contribution is -2.32. The smallest absolute Gasteiger partial charge is 0.261 e. The zero-order valence-corrected chi connectivity index (χ0v) is 24.0. The molecule has 4 aromatic rings. The normalized spacial score (nSPS) is 14.1. The van der Waals surface area contributed by atoms with E-state index in [1.54, 1.807) is 25.0 Å². The first kappa shape index (κ1) is 27.5. The van der Waals surface area contributed by atoms with Crippen LogP contribution in [0, 0.1) is 20.8 Å². The van der Waals surface area contributed by atoms with Gasteiger partial charge in [0.2, 0.25) is 0 Å². The molecular formula is C32H33N5O4. The number of aryl methyl sites for hydroxylation is 3. The average Bonchev–Trinajstić information content (AvgIpc) is 3.37. The number of aromatic nitrogens is 2. The van der Waals surface area contributed by atoms with Gasteiger partial charge in [-0.15, -0.1) is 0 Å². The Kier molecular flexibility index (Phi) is 7.52. The van der Waals surface area contributed by atoms with Gasteiger partial charge in [-0.2, -0.15) is 5.10 Å². The SMILES string of the molecule is COc1ccc([C@@H]2C(C(=O)Nc3ccc(C)cc3C)=C(C)Nc3c(C(=O)Nc4cccc(C)c4)cnn32)cc1OC. The van der Waals surface area contributed by atoms with Crippen LogP contribution in [0.15, 0.2) is 78.1 Å². The van der Waals surface area contributed by atoms with Gasteiger partial charge in [0.05, 0.1) is 26.0 Å². The fourth-order valence-electron chi connectivity index (χ4n) is 5.11. The largest absolute Gasteiger partial charge is 0.493 e. The van der Waals surface area contributed by atoms with Crippen LogP contribution in [0.25, 0.3) is 0 Å². The molecule has 9 nitrogen and oxygen atoms in total. The molecule has 3 aromatic carbocycles. The summed E-state index contributed by atoms with van der Waals surface area (Å²) in [6.07, 6.45) is 1.51. The third-order valence-electron chi connectivity index (χ3n) is 7.14. The Morgan fingerprint density at radius 1 is 0.854 bits per heavy atom. The van der Waals surface area contributed by atoms with Crippen molar-refractivity contribution in [2.45, 2.75) is 33.7 Å². The Hall–Kier alpha value is -5.05. The molecule has 1 atom stereocenters. The van der Waals surface area contributed by atoms with Crippen molar-refractivity contribution in [3.8, 4) is 11.5 Å². The molecule has 2 heterocycles. The van der Waals surface area contributed by atoms with E-state index in [1.807, 2.05) is 82.3 Å². The summed E-state index contributed by atoms with van der Waals surface area (Å²) in [4.78, 5) is 27.3. The maximum atomic E-state index is 13.9. The molecule has 0 saturated heterocycles. The predicted molar refractivity (Wildman–Crippen MR) is 160 cm³/mol. The van der Waals surface area contributed by atoms with Crippen molar-refractivity contribution in [1.82, 2.24) is 9.78 Å². The highest BCUT2D eigenvalue weighted by Crippen LogP contribution is 2.40. The lowest BCUT2D eigenvalue weighted by Gasteiger charge is -2.30. The number of hydrogen-bond donors (Lipinski definition) is 3. The molecule has 1 aromatic heterocycles. The zero-order chi connectivity index (χ0) is 29.3. The molecule has 0 saturated carbocycles.